The van der Waals surface area contributed by atoms with Crippen LogP contribution in [0.15, 0.2) is 48.7 Å². The Kier molecular flexibility index (Phi) is 5.91. The minimum absolute atomic E-state index is 0.295. The normalized spacial score (nSPS) is 12.0. The Labute approximate surface area is 171 Å². The second kappa shape index (κ2) is 8.28. The molecule has 0 radical (unpaired) electrons. The number of amides is 1. The Bertz CT molecular complexity index is 1080. The summed E-state index contributed by atoms with van der Waals surface area (Å²) in [7, 11) is 1.11. The molecular weight excluding hydrogens is 430 g/mol. The van der Waals surface area contributed by atoms with E-state index in [4.69, 9.17) is 4.74 Å². The molecule has 164 valence electrons. The predicted molar refractivity (Wildman–Crippen MR) is 96.2 cm³/mol. The van der Waals surface area contributed by atoms with E-state index in [0.29, 0.717) is 16.5 Å². The highest BCUT2D eigenvalue weighted by molar-refractivity contribution is 6.04. The van der Waals surface area contributed by atoms with Crippen molar-refractivity contribution >= 4 is 11.6 Å². The summed E-state index contributed by atoms with van der Waals surface area (Å²) in [5, 5.41) is 5.76. The van der Waals surface area contributed by atoms with Crippen LogP contribution in [-0.4, -0.2) is 20.7 Å². The average Bonchev–Trinajstić information content (AvgIpc) is 3.03. The van der Waals surface area contributed by atoms with Gasteiger partial charge in [-0.1, -0.05) is 18.2 Å². The zero-order chi connectivity index (χ0) is 22.8. The van der Waals surface area contributed by atoms with Crippen molar-refractivity contribution in [2.24, 2.45) is 7.05 Å². The molecule has 0 aliphatic rings. The third-order valence-electron chi connectivity index (χ3n) is 4.05. The van der Waals surface area contributed by atoms with Gasteiger partial charge in [-0.15, -0.1) is 0 Å². The molecule has 0 unspecified atom stereocenters. The van der Waals surface area contributed by atoms with Gasteiger partial charge in [-0.2, -0.15) is 31.4 Å². The van der Waals surface area contributed by atoms with Crippen LogP contribution in [0, 0.1) is 0 Å². The second-order valence-electron chi connectivity index (χ2n) is 6.28. The van der Waals surface area contributed by atoms with Crippen molar-refractivity contribution in [3.8, 4) is 5.75 Å². The summed E-state index contributed by atoms with van der Waals surface area (Å²) in [6.45, 7) is -0.576. The third-order valence-corrected chi connectivity index (χ3v) is 4.05. The maximum atomic E-state index is 13.7. The van der Waals surface area contributed by atoms with E-state index >= 15 is 0 Å². The van der Waals surface area contributed by atoms with Gasteiger partial charge in [-0.3, -0.25) is 14.5 Å². The lowest BCUT2D eigenvalue weighted by molar-refractivity contribution is -0.141. The van der Waals surface area contributed by atoms with Crippen LogP contribution in [0.1, 0.15) is 27.4 Å². The molecule has 0 atom stereocenters. The molecule has 3 rings (SSSR count). The van der Waals surface area contributed by atoms with E-state index < -0.39 is 47.5 Å². The summed E-state index contributed by atoms with van der Waals surface area (Å²) in [4.78, 5) is 15.7. The molecule has 6 nitrogen and oxygen atoms in total. The number of carbonyl (C=O) groups excluding carboxylic acids is 1. The zero-order valence-electron chi connectivity index (χ0n) is 15.8. The number of nitrogens with one attached hydrogen (secondary N) is 1. The highest BCUT2D eigenvalue weighted by atomic mass is 19.4. The van der Waals surface area contributed by atoms with Crippen LogP contribution in [0.25, 0.3) is 0 Å². The number of rotatable bonds is 5. The lowest BCUT2D eigenvalue weighted by atomic mass is 10.1. The standard InChI is InChI=1S/C19H14F6N4O2/c1-29-16(17(30)27-11-7-8-26-14(9-11)18(20,21)22)15(19(23,24)25)13(28-29)10-31-12-5-3-2-4-6-12/h2-9H,10H2,1H3,(H,26,27,30). The van der Waals surface area contributed by atoms with Crippen LogP contribution in [0.5, 0.6) is 5.75 Å². The molecule has 1 amide bonds. The Balaban J connectivity index is 1.91. The summed E-state index contributed by atoms with van der Waals surface area (Å²) in [6, 6.07) is 9.55. The largest absolute Gasteiger partial charge is 0.487 e. The number of benzene rings is 1. The topological polar surface area (TPSA) is 69.0 Å². The Morgan fingerprint density at radius 2 is 1.74 bits per heavy atom. The van der Waals surface area contributed by atoms with Crippen molar-refractivity contribution in [3.63, 3.8) is 0 Å². The summed E-state index contributed by atoms with van der Waals surface area (Å²) < 4.78 is 85.5. The number of para-hydroxylation sites is 1. The highest BCUT2D eigenvalue weighted by Crippen LogP contribution is 2.36. The fraction of sp³-hybridized carbons (Fsp3) is 0.211. The van der Waals surface area contributed by atoms with Crippen molar-refractivity contribution in [1.29, 1.82) is 0 Å². The minimum Gasteiger partial charge on any atom is -0.487 e. The van der Waals surface area contributed by atoms with Crippen LogP contribution < -0.4 is 10.1 Å². The first kappa shape index (κ1) is 22.1. The number of aryl methyl sites for hydroxylation is 1. The summed E-state index contributed by atoms with van der Waals surface area (Å²) in [5.41, 5.74) is -4.43. The molecule has 0 fully saturated rings. The second-order valence-corrected chi connectivity index (χ2v) is 6.28. The highest BCUT2D eigenvalue weighted by Gasteiger charge is 2.42. The first-order valence-corrected chi connectivity index (χ1v) is 8.62. The van der Waals surface area contributed by atoms with Crippen LogP contribution in [0.2, 0.25) is 0 Å². The molecule has 2 aromatic heterocycles. The lowest BCUT2D eigenvalue weighted by Gasteiger charge is -2.12. The third kappa shape index (κ3) is 5.13. The first-order valence-electron chi connectivity index (χ1n) is 8.62. The molecule has 0 saturated carbocycles. The van der Waals surface area contributed by atoms with Crippen LogP contribution in [-0.2, 0) is 26.0 Å². The minimum atomic E-state index is -4.97. The van der Waals surface area contributed by atoms with E-state index in [1.165, 1.54) is 12.1 Å². The smallest absolute Gasteiger partial charge is 0.433 e. The average molecular weight is 444 g/mol. The molecular formula is C19H14F6N4O2. The fourth-order valence-corrected chi connectivity index (χ4v) is 2.76. The van der Waals surface area contributed by atoms with Crippen molar-refractivity contribution in [2.75, 3.05) is 5.32 Å². The van der Waals surface area contributed by atoms with Gasteiger partial charge >= 0.3 is 12.4 Å². The van der Waals surface area contributed by atoms with Crippen LogP contribution >= 0.6 is 0 Å². The summed E-state index contributed by atoms with van der Waals surface area (Å²) >= 11 is 0. The molecule has 1 aromatic carbocycles. The number of alkyl halides is 6. The van der Waals surface area contributed by atoms with Gasteiger partial charge in [0, 0.05) is 18.9 Å². The van der Waals surface area contributed by atoms with Gasteiger partial charge in [0.05, 0.1) is 0 Å². The fourth-order valence-electron chi connectivity index (χ4n) is 2.76. The molecule has 0 aliphatic heterocycles. The van der Waals surface area contributed by atoms with Crippen LogP contribution in [0.4, 0.5) is 32.0 Å². The number of carbonyl (C=O) groups is 1. The van der Waals surface area contributed by atoms with Crippen molar-refractivity contribution in [1.82, 2.24) is 14.8 Å². The van der Waals surface area contributed by atoms with Crippen LogP contribution in [0.3, 0.4) is 0 Å². The van der Waals surface area contributed by atoms with Gasteiger partial charge in [-0.25, -0.2) is 0 Å². The number of nitrogens with zero attached hydrogens (tertiary/aromatic N) is 3. The molecule has 31 heavy (non-hydrogen) atoms. The maximum absolute atomic E-state index is 13.7. The van der Waals surface area contributed by atoms with Gasteiger partial charge in [0.2, 0.25) is 0 Å². The quantitative estimate of drug-likeness (QED) is 0.580. The molecule has 1 N–H and O–H groups in total. The number of aromatic nitrogens is 3. The number of pyridine rings is 1. The van der Waals surface area contributed by atoms with Gasteiger partial charge in [0.25, 0.3) is 5.91 Å². The molecule has 2 heterocycles. The number of hydrogen-bond donors (Lipinski definition) is 1. The van der Waals surface area contributed by atoms with Crippen molar-refractivity contribution in [2.45, 2.75) is 19.0 Å². The SMILES string of the molecule is Cn1nc(COc2ccccc2)c(C(F)(F)F)c1C(=O)Nc1ccnc(C(F)(F)F)c1. The number of ether oxygens (including phenoxy) is 1. The Hall–Kier alpha value is -3.57. The number of anilines is 1. The summed E-state index contributed by atoms with van der Waals surface area (Å²) in [6.07, 6.45) is -8.97. The first-order chi connectivity index (χ1) is 14.5. The van der Waals surface area contributed by atoms with Gasteiger partial charge in [0.15, 0.2) is 0 Å². The van der Waals surface area contributed by atoms with E-state index in [2.05, 4.69) is 10.1 Å². The summed E-state index contributed by atoms with van der Waals surface area (Å²) in [5.74, 6) is -0.989. The van der Waals surface area contributed by atoms with Crippen molar-refractivity contribution < 1.29 is 35.9 Å². The molecule has 0 spiro atoms. The van der Waals surface area contributed by atoms with Gasteiger partial charge in [0.1, 0.15) is 35.0 Å². The molecule has 3 aromatic rings. The van der Waals surface area contributed by atoms with E-state index in [1.807, 2.05) is 5.32 Å². The van der Waals surface area contributed by atoms with E-state index in [-0.39, 0.29) is 5.69 Å². The zero-order valence-corrected chi connectivity index (χ0v) is 15.8. The number of hydrogen-bond acceptors (Lipinski definition) is 4. The molecule has 0 bridgehead atoms. The lowest BCUT2D eigenvalue weighted by Crippen LogP contribution is -2.22. The van der Waals surface area contributed by atoms with Crippen molar-refractivity contribution in [3.05, 3.63) is 71.3 Å². The molecule has 0 aliphatic carbocycles. The maximum Gasteiger partial charge on any atom is 0.433 e. The van der Waals surface area contributed by atoms with E-state index in [9.17, 15) is 31.1 Å². The molecule has 12 heteroatoms. The Morgan fingerprint density at radius 1 is 1.06 bits per heavy atom. The predicted octanol–water partition coefficient (Wildman–Crippen LogP) is 4.68. The Morgan fingerprint density at radius 3 is 2.35 bits per heavy atom. The van der Waals surface area contributed by atoms with Gasteiger partial charge < -0.3 is 10.1 Å². The van der Waals surface area contributed by atoms with E-state index in [1.54, 1.807) is 18.2 Å². The monoisotopic (exact) mass is 444 g/mol. The number of halogens is 6. The van der Waals surface area contributed by atoms with E-state index in [0.717, 1.165) is 19.3 Å². The molecule has 0 saturated heterocycles. The van der Waals surface area contributed by atoms with Gasteiger partial charge in [-0.05, 0) is 24.3 Å².